The van der Waals surface area contributed by atoms with E-state index < -0.39 is 0 Å². The van der Waals surface area contributed by atoms with Crippen molar-refractivity contribution in [3.8, 4) is 0 Å². The molecule has 0 spiro atoms. The van der Waals surface area contributed by atoms with Crippen LogP contribution in [0.3, 0.4) is 0 Å². The zero-order chi connectivity index (χ0) is 10.3. The topological polar surface area (TPSA) is 24.5 Å². The summed E-state index contributed by atoms with van der Waals surface area (Å²) in [4.78, 5) is 2.33. The third-order valence-corrected chi connectivity index (χ3v) is 3.18. The van der Waals surface area contributed by atoms with Gasteiger partial charge in [-0.2, -0.15) is 0 Å². The normalized spacial score (nSPS) is 19.4. The van der Waals surface area contributed by atoms with Gasteiger partial charge in [-0.25, -0.2) is 0 Å². The fourth-order valence-electron chi connectivity index (χ4n) is 0.777. The van der Waals surface area contributed by atoms with E-state index in [4.69, 9.17) is 4.43 Å². The van der Waals surface area contributed by atoms with Gasteiger partial charge in [0.25, 0.3) is 0 Å². The molecule has 0 radical (unpaired) electrons. The number of nitrogens with one attached hydrogen (secondary N) is 1. The number of hydrogen-bond donors (Lipinski definition) is 1. The molecule has 0 saturated carbocycles. The van der Waals surface area contributed by atoms with Crippen LogP contribution in [0.25, 0.3) is 0 Å². The Kier molecular flexibility index (Phi) is 6.58. The number of likely N-dealkylation sites (N-methyl/N-ethyl adjacent to an activating group) is 1. The van der Waals surface area contributed by atoms with Crippen molar-refractivity contribution in [3.05, 3.63) is 0 Å². The second-order valence-corrected chi connectivity index (χ2v) is 4.78. The summed E-state index contributed by atoms with van der Waals surface area (Å²) in [7, 11) is 3.00. The van der Waals surface area contributed by atoms with Gasteiger partial charge in [-0.3, -0.25) is 0 Å². The molecule has 0 atom stereocenters. The maximum absolute atomic E-state index is 5.08. The van der Waals surface area contributed by atoms with Gasteiger partial charge < -0.3 is 14.6 Å². The Bertz CT molecular complexity index is 119. The Morgan fingerprint density at radius 2 is 1.62 bits per heavy atom. The van der Waals surface area contributed by atoms with E-state index in [-0.39, 0.29) is 5.60 Å². The molecule has 0 bridgehead atoms. The maximum Gasteiger partial charge on any atom is 0.146 e. The van der Waals surface area contributed by atoms with Crippen LogP contribution in [0, 0.1) is 0 Å². The summed E-state index contributed by atoms with van der Waals surface area (Å²) < 4.78 is 5.08. The number of hydrogen-bond acceptors (Lipinski definition) is 3. The molecule has 0 aromatic carbocycles. The lowest BCUT2D eigenvalue weighted by molar-refractivity contribution is 0.147. The van der Waals surface area contributed by atoms with Crippen LogP contribution in [-0.2, 0) is 4.43 Å². The molecule has 80 valence electrons. The highest BCUT2D eigenvalue weighted by atomic mass is 28.2. The lowest BCUT2D eigenvalue weighted by Crippen LogP contribution is -2.40. The van der Waals surface area contributed by atoms with Crippen molar-refractivity contribution in [2.45, 2.75) is 26.4 Å². The Hall–Kier alpha value is 0.0969. The molecule has 1 saturated heterocycles. The molecule has 1 aliphatic heterocycles. The van der Waals surface area contributed by atoms with Crippen LogP contribution in [0.5, 0.6) is 0 Å². The highest BCUT2D eigenvalue weighted by molar-refractivity contribution is 5.98. The average Bonchev–Trinajstić information content (AvgIpc) is 2.06. The molecule has 4 heteroatoms. The van der Waals surface area contributed by atoms with E-state index >= 15 is 0 Å². The molecule has 0 amide bonds. The lowest BCUT2D eigenvalue weighted by atomic mass is 10.2. The van der Waals surface area contributed by atoms with E-state index in [1.165, 1.54) is 13.1 Å². The van der Waals surface area contributed by atoms with Crippen LogP contribution < -0.4 is 5.32 Å². The van der Waals surface area contributed by atoms with Gasteiger partial charge in [-0.05, 0) is 27.8 Å². The van der Waals surface area contributed by atoms with Crippen molar-refractivity contribution in [2.24, 2.45) is 0 Å². The van der Waals surface area contributed by atoms with Crippen molar-refractivity contribution < 1.29 is 4.43 Å². The predicted molar refractivity (Wildman–Crippen MR) is 61.1 cm³/mol. The molecule has 0 aliphatic carbocycles. The summed E-state index contributed by atoms with van der Waals surface area (Å²) in [6.07, 6.45) is 0. The Morgan fingerprint density at radius 1 is 1.23 bits per heavy atom. The van der Waals surface area contributed by atoms with Crippen LogP contribution in [0.2, 0.25) is 0 Å². The molecule has 1 N–H and O–H groups in total. The molecule has 13 heavy (non-hydrogen) atoms. The van der Waals surface area contributed by atoms with Crippen molar-refractivity contribution >= 4 is 10.5 Å². The Balaban J connectivity index is 0.000000226. The first-order chi connectivity index (χ1) is 5.95. The SMILES string of the molecule is CC(C)(C)O[SiH3].CN1CCNCC1. The minimum absolute atomic E-state index is 0.103. The largest absolute Gasteiger partial charge is 0.423 e. The van der Waals surface area contributed by atoms with Crippen molar-refractivity contribution in [2.75, 3.05) is 33.2 Å². The molecule has 1 aliphatic rings. The molecule has 1 fully saturated rings. The quantitative estimate of drug-likeness (QED) is 0.544. The predicted octanol–water partition coefficient (Wildman–Crippen LogP) is -0.397. The van der Waals surface area contributed by atoms with Crippen LogP contribution in [0.1, 0.15) is 20.8 Å². The maximum atomic E-state index is 5.08. The van der Waals surface area contributed by atoms with Gasteiger partial charge in [0.15, 0.2) is 0 Å². The van der Waals surface area contributed by atoms with E-state index in [9.17, 15) is 0 Å². The van der Waals surface area contributed by atoms with Crippen LogP contribution in [0.15, 0.2) is 0 Å². The minimum Gasteiger partial charge on any atom is -0.423 e. The highest BCUT2D eigenvalue weighted by Gasteiger charge is 2.03. The van der Waals surface area contributed by atoms with Gasteiger partial charge in [-0.15, -0.1) is 0 Å². The molecule has 0 aromatic rings. The Morgan fingerprint density at radius 3 is 1.77 bits per heavy atom. The van der Waals surface area contributed by atoms with Crippen LogP contribution in [-0.4, -0.2) is 54.2 Å². The zero-order valence-electron chi connectivity index (χ0n) is 9.68. The van der Waals surface area contributed by atoms with Gasteiger partial charge in [-0.1, -0.05) is 0 Å². The molecule has 1 rings (SSSR count). The van der Waals surface area contributed by atoms with Crippen molar-refractivity contribution in [1.82, 2.24) is 10.2 Å². The zero-order valence-corrected chi connectivity index (χ0v) is 11.7. The molecule has 1 heterocycles. The fraction of sp³-hybridized carbons (Fsp3) is 1.00. The summed E-state index contributed by atoms with van der Waals surface area (Å²) >= 11 is 0. The van der Waals surface area contributed by atoms with Gasteiger partial charge in [0, 0.05) is 31.8 Å². The van der Waals surface area contributed by atoms with E-state index in [0.717, 1.165) is 23.6 Å². The molecule has 0 aromatic heterocycles. The Labute approximate surface area is 85.4 Å². The van der Waals surface area contributed by atoms with Gasteiger partial charge in [0.2, 0.25) is 0 Å². The lowest BCUT2D eigenvalue weighted by Gasteiger charge is -2.21. The number of rotatable bonds is 0. The monoisotopic (exact) mass is 204 g/mol. The first kappa shape index (κ1) is 13.1. The summed E-state index contributed by atoms with van der Waals surface area (Å²) in [5.41, 5.74) is 0.103. The highest BCUT2D eigenvalue weighted by Crippen LogP contribution is 2.01. The van der Waals surface area contributed by atoms with E-state index in [2.05, 4.69) is 38.0 Å². The molecule has 0 unspecified atom stereocenters. The molecular formula is C9H24N2OSi. The summed E-state index contributed by atoms with van der Waals surface area (Å²) in [5, 5.41) is 3.27. The van der Waals surface area contributed by atoms with Gasteiger partial charge in [0.1, 0.15) is 10.5 Å². The van der Waals surface area contributed by atoms with Crippen LogP contribution >= 0.6 is 0 Å². The van der Waals surface area contributed by atoms with E-state index in [0.29, 0.717) is 0 Å². The number of nitrogens with zero attached hydrogens (tertiary/aromatic N) is 1. The van der Waals surface area contributed by atoms with Gasteiger partial charge >= 0.3 is 0 Å². The summed E-state index contributed by atoms with van der Waals surface area (Å²) in [5.74, 6) is 0. The van der Waals surface area contributed by atoms with E-state index in [1.54, 1.807) is 0 Å². The fourth-order valence-corrected chi connectivity index (χ4v) is 0.777. The second kappa shape index (κ2) is 6.54. The van der Waals surface area contributed by atoms with E-state index in [1.807, 2.05) is 0 Å². The van der Waals surface area contributed by atoms with Crippen molar-refractivity contribution in [3.63, 3.8) is 0 Å². The third-order valence-electron chi connectivity index (χ3n) is 1.95. The van der Waals surface area contributed by atoms with Crippen LogP contribution in [0.4, 0.5) is 0 Å². The first-order valence-corrected chi connectivity index (χ1v) is 5.72. The van der Waals surface area contributed by atoms with Crippen molar-refractivity contribution in [1.29, 1.82) is 0 Å². The van der Waals surface area contributed by atoms with Gasteiger partial charge in [0.05, 0.1) is 0 Å². The standard InChI is InChI=1S/C5H12N2.C4H12OSi/c1-7-4-2-6-3-5-7;1-4(2,3)5-6/h6H,2-5H2,1H3;1-3,6H3. The number of piperazine rings is 1. The summed E-state index contributed by atoms with van der Waals surface area (Å²) in [6.45, 7) is 10.9. The molecular weight excluding hydrogens is 180 g/mol. The smallest absolute Gasteiger partial charge is 0.146 e. The summed E-state index contributed by atoms with van der Waals surface area (Å²) in [6, 6.07) is 0. The third kappa shape index (κ3) is 10.0. The first-order valence-electron chi connectivity index (χ1n) is 4.90. The molecule has 3 nitrogen and oxygen atoms in total. The minimum atomic E-state index is 0.103. The average molecular weight is 204 g/mol. The second-order valence-electron chi connectivity index (χ2n) is 4.37.